The van der Waals surface area contributed by atoms with Crippen LogP contribution >= 0.6 is 0 Å². The molecule has 1 fully saturated rings. The number of rotatable bonds is 7. The predicted molar refractivity (Wildman–Crippen MR) is 82.1 cm³/mol. The van der Waals surface area contributed by atoms with Gasteiger partial charge in [0.05, 0.1) is 19.3 Å². The van der Waals surface area contributed by atoms with Crippen molar-refractivity contribution in [1.29, 1.82) is 0 Å². The molecule has 0 aliphatic carbocycles. The van der Waals surface area contributed by atoms with E-state index in [1.165, 1.54) is 0 Å². The molecule has 0 aromatic heterocycles. The fourth-order valence-corrected chi connectivity index (χ4v) is 2.41. The lowest BCUT2D eigenvalue weighted by Crippen LogP contribution is -2.58. The van der Waals surface area contributed by atoms with E-state index in [1.807, 2.05) is 37.8 Å². The van der Waals surface area contributed by atoms with E-state index in [0.29, 0.717) is 42.9 Å². The maximum Gasteiger partial charge on any atom is 0.254 e. The van der Waals surface area contributed by atoms with Crippen LogP contribution in [-0.4, -0.2) is 49.7 Å². The summed E-state index contributed by atoms with van der Waals surface area (Å²) in [4.78, 5) is 14.5. The summed E-state index contributed by atoms with van der Waals surface area (Å²) in [5.74, 6) is 1.37. The zero-order chi connectivity index (χ0) is 15.2. The molecule has 5 heteroatoms. The Morgan fingerprint density at radius 3 is 2.38 bits per heavy atom. The Kier molecular flexibility index (Phi) is 5.44. The molecule has 0 atom stereocenters. The number of hydrogen-bond acceptors (Lipinski definition) is 4. The van der Waals surface area contributed by atoms with Gasteiger partial charge in [0.15, 0.2) is 11.5 Å². The van der Waals surface area contributed by atoms with Crippen molar-refractivity contribution in [3.05, 3.63) is 23.8 Å². The van der Waals surface area contributed by atoms with Crippen LogP contribution in [-0.2, 0) is 0 Å². The van der Waals surface area contributed by atoms with Gasteiger partial charge in [-0.1, -0.05) is 0 Å². The van der Waals surface area contributed by atoms with Crippen LogP contribution in [0.5, 0.6) is 11.5 Å². The summed E-state index contributed by atoms with van der Waals surface area (Å²) < 4.78 is 11.1. The van der Waals surface area contributed by atoms with Gasteiger partial charge < -0.3 is 19.7 Å². The van der Waals surface area contributed by atoms with Crippen LogP contribution in [0, 0.1) is 0 Å². The molecule has 5 nitrogen and oxygen atoms in total. The quantitative estimate of drug-likeness (QED) is 0.834. The maximum absolute atomic E-state index is 12.6. The Balaban J connectivity index is 2.21. The number of hydrogen-bond donors (Lipinski definition) is 1. The van der Waals surface area contributed by atoms with Crippen LogP contribution < -0.4 is 14.8 Å². The zero-order valence-corrected chi connectivity index (χ0v) is 13.0. The SMILES string of the molecule is CCOc1ccc(C(=O)N(CC)C2CNC2)cc1OCC. The first-order valence-electron chi connectivity index (χ1n) is 7.62. The van der Waals surface area contributed by atoms with Gasteiger partial charge in [0, 0.05) is 25.2 Å². The summed E-state index contributed by atoms with van der Waals surface area (Å²) in [5.41, 5.74) is 0.649. The van der Waals surface area contributed by atoms with Crippen molar-refractivity contribution >= 4 is 5.91 Å². The van der Waals surface area contributed by atoms with E-state index in [4.69, 9.17) is 9.47 Å². The first-order valence-corrected chi connectivity index (χ1v) is 7.62. The molecule has 0 unspecified atom stereocenters. The second-order valence-corrected chi connectivity index (χ2v) is 4.93. The van der Waals surface area contributed by atoms with E-state index >= 15 is 0 Å². The molecule has 1 aromatic rings. The normalized spacial score (nSPS) is 14.4. The van der Waals surface area contributed by atoms with Gasteiger partial charge in [-0.05, 0) is 39.0 Å². The summed E-state index contributed by atoms with van der Waals surface area (Å²) in [6.07, 6.45) is 0. The summed E-state index contributed by atoms with van der Waals surface area (Å²) in [6.45, 7) is 9.42. The van der Waals surface area contributed by atoms with Crippen molar-refractivity contribution in [3.63, 3.8) is 0 Å². The number of ether oxygens (including phenoxy) is 2. The van der Waals surface area contributed by atoms with Crippen molar-refractivity contribution in [1.82, 2.24) is 10.2 Å². The highest BCUT2D eigenvalue weighted by molar-refractivity contribution is 5.95. The van der Waals surface area contributed by atoms with Crippen LogP contribution in [0.3, 0.4) is 0 Å². The molecule has 0 bridgehead atoms. The highest BCUT2D eigenvalue weighted by Gasteiger charge is 2.28. The zero-order valence-electron chi connectivity index (χ0n) is 13.0. The van der Waals surface area contributed by atoms with Gasteiger partial charge in [-0.2, -0.15) is 0 Å². The first-order chi connectivity index (χ1) is 10.2. The summed E-state index contributed by atoms with van der Waals surface area (Å²) in [7, 11) is 0. The lowest BCUT2D eigenvalue weighted by Gasteiger charge is -2.37. The standard InChI is InChI=1S/C16H24N2O3/c1-4-18(13-10-17-11-13)16(19)12-7-8-14(20-5-2)15(9-12)21-6-3/h7-9,13,17H,4-6,10-11H2,1-3H3. The third-order valence-electron chi connectivity index (χ3n) is 3.59. The minimum absolute atomic E-state index is 0.0491. The monoisotopic (exact) mass is 292 g/mol. The minimum atomic E-state index is 0.0491. The number of benzene rings is 1. The first kappa shape index (κ1) is 15.6. The van der Waals surface area contributed by atoms with Crippen LogP contribution in [0.1, 0.15) is 31.1 Å². The summed E-state index contributed by atoms with van der Waals surface area (Å²) in [5, 5.41) is 3.20. The van der Waals surface area contributed by atoms with Crippen LogP contribution in [0.2, 0.25) is 0 Å². The average molecular weight is 292 g/mol. The lowest BCUT2D eigenvalue weighted by molar-refractivity contribution is 0.0629. The molecule has 1 aliphatic heterocycles. The van der Waals surface area contributed by atoms with Gasteiger partial charge >= 0.3 is 0 Å². The number of nitrogens with zero attached hydrogens (tertiary/aromatic N) is 1. The Morgan fingerprint density at radius 2 is 1.86 bits per heavy atom. The summed E-state index contributed by atoms with van der Waals surface area (Å²) >= 11 is 0. The van der Waals surface area contributed by atoms with E-state index in [0.717, 1.165) is 13.1 Å². The highest BCUT2D eigenvalue weighted by atomic mass is 16.5. The van der Waals surface area contributed by atoms with Gasteiger partial charge in [0.2, 0.25) is 0 Å². The number of amides is 1. The number of nitrogens with one attached hydrogen (secondary N) is 1. The number of carbonyl (C=O) groups excluding carboxylic acids is 1. The molecule has 0 radical (unpaired) electrons. The molecule has 2 rings (SSSR count). The predicted octanol–water partition coefficient (Wildman–Crippen LogP) is 1.92. The van der Waals surface area contributed by atoms with E-state index in [9.17, 15) is 4.79 Å². The van der Waals surface area contributed by atoms with E-state index in [1.54, 1.807) is 6.07 Å². The molecule has 21 heavy (non-hydrogen) atoms. The average Bonchev–Trinajstić information content (AvgIpc) is 2.44. The Bertz CT molecular complexity index is 486. The second-order valence-electron chi connectivity index (χ2n) is 4.93. The maximum atomic E-state index is 12.6. The highest BCUT2D eigenvalue weighted by Crippen LogP contribution is 2.29. The van der Waals surface area contributed by atoms with Gasteiger partial charge in [-0.3, -0.25) is 4.79 Å². The second kappa shape index (κ2) is 7.31. The molecule has 1 heterocycles. The minimum Gasteiger partial charge on any atom is -0.490 e. The van der Waals surface area contributed by atoms with Crippen molar-refractivity contribution in [2.75, 3.05) is 32.8 Å². The summed E-state index contributed by atoms with van der Waals surface area (Å²) in [6, 6.07) is 5.70. The fraction of sp³-hybridized carbons (Fsp3) is 0.562. The largest absolute Gasteiger partial charge is 0.490 e. The number of likely N-dealkylation sites (N-methyl/N-ethyl adjacent to an activating group) is 1. The van der Waals surface area contributed by atoms with Crippen LogP contribution in [0.4, 0.5) is 0 Å². The Hall–Kier alpha value is -1.75. The van der Waals surface area contributed by atoms with Crippen LogP contribution in [0.15, 0.2) is 18.2 Å². The molecule has 116 valence electrons. The smallest absolute Gasteiger partial charge is 0.254 e. The molecular weight excluding hydrogens is 268 g/mol. The molecule has 0 spiro atoms. The van der Waals surface area contributed by atoms with Gasteiger partial charge in [0.1, 0.15) is 0 Å². The molecule has 1 aliphatic rings. The van der Waals surface area contributed by atoms with Gasteiger partial charge in [0.25, 0.3) is 5.91 Å². The molecule has 1 aromatic carbocycles. The van der Waals surface area contributed by atoms with Crippen LogP contribution in [0.25, 0.3) is 0 Å². The molecule has 0 saturated carbocycles. The Morgan fingerprint density at radius 1 is 1.19 bits per heavy atom. The van der Waals surface area contributed by atoms with Crippen molar-refractivity contribution in [2.24, 2.45) is 0 Å². The van der Waals surface area contributed by atoms with Crippen molar-refractivity contribution < 1.29 is 14.3 Å². The Labute approximate surface area is 126 Å². The van der Waals surface area contributed by atoms with E-state index in [2.05, 4.69) is 5.32 Å². The molecule has 1 N–H and O–H groups in total. The van der Waals surface area contributed by atoms with E-state index < -0.39 is 0 Å². The third-order valence-corrected chi connectivity index (χ3v) is 3.59. The molecule has 1 amide bonds. The third kappa shape index (κ3) is 3.47. The topological polar surface area (TPSA) is 50.8 Å². The van der Waals surface area contributed by atoms with Gasteiger partial charge in [-0.15, -0.1) is 0 Å². The molecule has 1 saturated heterocycles. The molecular formula is C16H24N2O3. The van der Waals surface area contributed by atoms with E-state index in [-0.39, 0.29) is 5.91 Å². The lowest BCUT2D eigenvalue weighted by atomic mass is 10.1. The van der Waals surface area contributed by atoms with Crippen molar-refractivity contribution in [3.8, 4) is 11.5 Å². The number of carbonyl (C=O) groups is 1. The fourth-order valence-electron chi connectivity index (χ4n) is 2.41. The van der Waals surface area contributed by atoms with Gasteiger partial charge in [-0.25, -0.2) is 0 Å². The van der Waals surface area contributed by atoms with Crippen molar-refractivity contribution in [2.45, 2.75) is 26.8 Å².